The maximum atomic E-state index is 11.9. The molecule has 0 atom stereocenters. The van der Waals surface area contributed by atoms with E-state index in [1.807, 2.05) is 36.4 Å². The van der Waals surface area contributed by atoms with Gasteiger partial charge in [0, 0.05) is 5.69 Å². The van der Waals surface area contributed by atoms with Crippen LogP contribution in [-0.2, 0) is 16.4 Å². The van der Waals surface area contributed by atoms with Crippen molar-refractivity contribution in [3.8, 4) is 6.07 Å². The van der Waals surface area contributed by atoms with E-state index in [4.69, 9.17) is 5.26 Å². The molecule has 0 unspecified atom stereocenters. The Bertz CT molecular complexity index is 758. The Morgan fingerprint density at radius 3 is 2.33 bits per heavy atom. The minimum absolute atomic E-state index is 0.306. The molecule has 0 saturated carbocycles. The molecule has 0 radical (unpaired) electrons. The lowest BCUT2D eigenvalue weighted by Gasteiger charge is -2.04. The average molecular weight is 298 g/mol. The first-order chi connectivity index (χ1) is 10.1. The second-order valence-corrected chi connectivity index (χ2v) is 5.96. The van der Waals surface area contributed by atoms with Crippen LogP contribution in [0.25, 0.3) is 6.08 Å². The van der Waals surface area contributed by atoms with Crippen molar-refractivity contribution in [3.05, 3.63) is 71.1 Å². The second-order valence-electron chi connectivity index (χ2n) is 4.39. The molecule has 0 amide bonds. The third-order valence-corrected chi connectivity index (χ3v) is 3.75. The molecule has 2 aromatic rings. The third-order valence-electron chi connectivity index (χ3n) is 2.74. The van der Waals surface area contributed by atoms with Crippen molar-refractivity contribution in [2.24, 2.45) is 0 Å². The monoisotopic (exact) mass is 298 g/mol. The molecule has 0 heterocycles. The van der Waals surface area contributed by atoms with E-state index in [9.17, 15) is 8.42 Å². The Hall–Kier alpha value is -2.58. The van der Waals surface area contributed by atoms with Crippen LogP contribution in [0.1, 0.15) is 11.1 Å². The predicted molar refractivity (Wildman–Crippen MR) is 83.8 cm³/mol. The topological polar surface area (TPSA) is 70.0 Å². The minimum atomic E-state index is -3.55. The number of rotatable bonds is 5. The van der Waals surface area contributed by atoms with Crippen LogP contribution in [0.2, 0.25) is 0 Å². The van der Waals surface area contributed by atoms with Gasteiger partial charge in [-0.1, -0.05) is 42.5 Å². The lowest BCUT2D eigenvalue weighted by atomic mass is 10.1. The molecule has 2 rings (SSSR count). The lowest BCUT2D eigenvalue weighted by Crippen LogP contribution is -2.08. The van der Waals surface area contributed by atoms with Crippen molar-refractivity contribution in [1.82, 2.24) is 0 Å². The van der Waals surface area contributed by atoms with Gasteiger partial charge in [0.05, 0.1) is 17.9 Å². The standard InChI is InChI=1S/C16H14N2O2S/c17-12-10-15-6-8-16(9-7-15)18-21(19,20)13-11-14-4-2-1-3-5-14/h1-9,11,13,18H,10H2. The van der Waals surface area contributed by atoms with E-state index in [1.54, 1.807) is 24.3 Å². The summed E-state index contributed by atoms with van der Waals surface area (Å²) in [7, 11) is -3.55. The Morgan fingerprint density at radius 1 is 1.05 bits per heavy atom. The highest BCUT2D eigenvalue weighted by atomic mass is 32.2. The first-order valence-electron chi connectivity index (χ1n) is 6.31. The van der Waals surface area contributed by atoms with Crippen LogP contribution in [0, 0.1) is 11.3 Å². The van der Waals surface area contributed by atoms with Crippen molar-refractivity contribution in [3.63, 3.8) is 0 Å². The molecular weight excluding hydrogens is 284 g/mol. The van der Waals surface area contributed by atoms with Gasteiger partial charge >= 0.3 is 0 Å². The zero-order chi connectivity index (χ0) is 15.1. The van der Waals surface area contributed by atoms with E-state index in [2.05, 4.69) is 4.72 Å². The first kappa shape index (κ1) is 14.8. The van der Waals surface area contributed by atoms with Crippen molar-refractivity contribution in [2.75, 3.05) is 4.72 Å². The zero-order valence-corrected chi connectivity index (χ0v) is 12.0. The summed E-state index contributed by atoms with van der Waals surface area (Å²) in [5.41, 5.74) is 2.13. The highest BCUT2D eigenvalue weighted by Gasteiger charge is 2.05. The molecular formula is C16H14N2O2S. The fourth-order valence-corrected chi connectivity index (χ4v) is 2.58. The Kier molecular flexibility index (Phi) is 4.75. The van der Waals surface area contributed by atoms with Gasteiger partial charge in [-0.15, -0.1) is 0 Å². The van der Waals surface area contributed by atoms with Crippen LogP contribution in [0.4, 0.5) is 5.69 Å². The smallest absolute Gasteiger partial charge is 0.255 e. The molecule has 1 N–H and O–H groups in total. The van der Waals surface area contributed by atoms with Crippen LogP contribution in [0.15, 0.2) is 60.0 Å². The molecule has 2 aromatic carbocycles. The predicted octanol–water partition coefficient (Wildman–Crippen LogP) is 3.17. The van der Waals surface area contributed by atoms with E-state index in [-0.39, 0.29) is 0 Å². The Labute approximate surface area is 124 Å². The Morgan fingerprint density at radius 2 is 1.71 bits per heavy atom. The number of hydrogen-bond donors (Lipinski definition) is 1. The van der Waals surface area contributed by atoms with Crippen molar-refractivity contribution < 1.29 is 8.42 Å². The maximum absolute atomic E-state index is 11.9. The van der Waals surface area contributed by atoms with E-state index >= 15 is 0 Å². The van der Waals surface area contributed by atoms with Gasteiger partial charge in [-0.3, -0.25) is 4.72 Å². The van der Waals surface area contributed by atoms with Gasteiger partial charge in [-0.2, -0.15) is 5.26 Å². The van der Waals surface area contributed by atoms with Crippen molar-refractivity contribution in [2.45, 2.75) is 6.42 Å². The van der Waals surface area contributed by atoms with Gasteiger partial charge in [-0.25, -0.2) is 8.42 Å². The quantitative estimate of drug-likeness (QED) is 0.921. The lowest BCUT2D eigenvalue weighted by molar-refractivity contribution is 0.609. The third kappa shape index (κ3) is 4.79. The average Bonchev–Trinajstić information content (AvgIpc) is 2.48. The minimum Gasteiger partial charge on any atom is -0.280 e. The fourth-order valence-electron chi connectivity index (χ4n) is 1.71. The summed E-state index contributed by atoms with van der Waals surface area (Å²) in [5, 5.41) is 9.71. The molecule has 0 bridgehead atoms. The molecule has 0 aliphatic heterocycles. The van der Waals surface area contributed by atoms with Crippen molar-refractivity contribution >= 4 is 21.8 Å². The SMILES string of the molecule is N#CCc1ccc(NS(=O)(=O)C=Cc2ccccc2)cc1. The number of nitriles is 1. The second kappa shape index (κ2) is 6.73. The summed E-state index contributed by atoms with van der Waals surface area (Å²) < 4.78 is 26.3. The van der Waals surface area contributed by atoms with Crippen LogP contribution >= 0.6 is 0 Å². The van der Waals surface area contributed by atoms with Crippen LogP contribution < -0.4 is 4.72 Å². The summed E-state index contributed by atoms with van der Waals surface area (Å²) in [6, 6.07) is 18.0. The van der Waals surface area contributed by atoms with Gasteiger partial charge < -0.3 is 0 Å². The molecule has 106 valence electrons. The number of hydrogen-bond acceptors (Lipinski definition) is 3. The van der Waals surface area contributed by atoms with E-state index in [1.165, 1.54) is 6.08 Å². The fraction of sp³-hybridized carbons (Fsp3) is 0.0625. The summed E-state index contributed by atoms with van der Waals surface area (Å²) in [4.78, 5) is 0. The number of nitrogens with zero attached hydrogens (tertiary/aromatic N) is 1. The highest BCUT2D eigenvalue weighted by molar-refractivity contribution is 7.95. The number of anilines is 1. The molecule has 0 aliphatic rings. The number of nitrogens with one attached hydrogen (secondary N) is 1. The van der Waals surface area contributed by atoms with Crippen LogP contribution in [0.3, 0.4) is 0 Å². The van der Waals surface area contributed by atoms with E-state index < -0.39 is 10.0 Å². The summed E-state index contributed by atoms with van der Waals surface area (Å²) in [5.74, 6) is 0. The first-order valence-corrected chi connectivity index (χ1v) is 7.85. The largest absolute Gasteiger partial charge is 0.280 e. The highest BCUT2D eigenvalue weighted by Crippen LogP contribution is 2.13. The molecule has 4 nitrogen and oxygen atoms in total. The van der Waals surface area contributed by atoms with Gasteiger partial charge in [0.1, 0.15) is 0 Å². The molecule has 0 saturated heterocycles. The van der Waals surface area contributed by atoms with Crippen LogP contribution in [-0.4, -0.2) is 8.42 Å². The van der Waals surface area contributed by atoms with Gasteiger partial charge in [0.25, 0.3) is 10.0 Å². The summed E-state index contributed by atoms with van der Waals surface area (Å²) in [6.45, 7) is 0. The van der Waals surface area contributed by atoms with E-state index in [0.29, 0.717) is 12.1 Å². The summed E-state index contributed by atoms with van der Waals surface area (Å²) in [6.07, 6.45) is 1.84. The normalized spacial score (nSPS) is 11.2. The molecule has 0 spiro atoms. The van der Waals surface area contributed by atoms with Crippen molar-refractivity contribution in [1.29, 1.82) is 5.26 Å². The zero-order valence-electron chi connectivity index (χ0n) is 11.2. The van der Waals surface area contributed by atoms with Gasteiger partial charge in [0.15, 0.2) is 0 Å². The molecule has 21 heavy (non-hydrogen) atoms. The van der Waals surface area contributed by atoms with Crippen LogP contribution in [0.5, 0.6) is 0 Å². The van der Waals surface area contributed by atoms with Gasteiger partial charge in [-0.05, 0) is 29.3 Å². The maximum Gasteiger partial charge on any atom is 0.255 e. The summed E-state index contributed by atoms with van der Waals surface area (Å²) >= 11 is 0. The molecule has 0 fully saturated rings. The molecule has 0 aromatic heterocycles. The molecule has 5 heteroatoms. The number of benzene rings is 2. The van der Waals surface area contributed by atoms with E-state index in [0.717, 1.165) is 16.5 Å². The molecule has 0 aliphatic carbocycles. The van der Waals surface area contributed by atoms with Gasteiger partial charge in [0.2, 0.25) is 0 Å². The number of sulfonamides is 1. The Balaban J connectivity index is 2.07.